The van der Waals surface area contributed by atoms with Crippen LogP contribution in [0.15, 0.2) is 114 Å². The number of aromatic nitrogens is 2. The first-order chi connectivity index (χ1) is 20.9. The highest BCUT2D eigenvalue weighted by molar-refractivity contribution is 6.42. The van der Waals surface area contributed by atoms with E-state index >= 15 is 0 Å². The summed E-state index contributed by atoms with van der Waals surface area (Å²) in [5.41, 5.74) is 8.27. The Morgan fingerprint density at radius 3 is 1.61 bits per heavy atom. The molecular weight excluding hydrogens is 547 g/mol. The summed E-state index contributed by atoms with van der Waals surface area (Å²) in [6.07, 6.45) is 0. The molecule has 2 heterocycles. The van der Waals surface area contributed by atoms with Crippen molar-refractivity contribution in [3.05, 3.63) is 126 Å². The van der Waals surface area contributed by atoms with E-state index in [1.807, 2.05) is 36.4 Å². The van der Waals surface area contributed by atoms with Crippen molar-refractivity contribution < 1.29 is 8.63 Å². The third-order valence-corrected chi connectivity index (χ3v) is 8.21. The number of nitrogens with zero attached hydrogens (tertiary/aromatic N) is 3. The first-order valence-electron chi connectivity index (χ1n) is 15.0. The van der Waals surface area contributed by atoms with E-state index in [0.717, 1.165) is 43.0 Å². The summed E-state index contributed by atoms with van der Waals surface area (Å²) in [5.74, 6) is 0.379. The van der Waals surface area contributed by atoms with Gasteiger partial charge in [-0.25, -0.2) is 9.98 Å². The Hall–Kier alpha value is -4.58. The molecule has 0 unspecified atom stereocenters. The monoisotopic (exact) mass is 583 g/mol. The lowest BCUT2D eigenvalue weighted by atomic mass is 9.86. The molecule has 0 aliphatic rings. The molecule has 220 valence electrons. The summed E-state index contributed by atoms with van der Waals surface area (Å²) in [6.45, 7) is 13.2. The van der Waals surface area contributed by atoms with E-state index in [4.69, 9.17) is 0 Å². The van der Waals surface area contributed by atoms with Crippen molar-refractivity contribution in [3.63, 3.8) is 0 Å². The minimum atomic E-state index is -2.76. The zero-order valence-corrected chi connectivity index (χ0v) is 26.1. The third-order valence-electron chi connectivity index (χ3n) is 8.21. The van der Waals surface area contributed by atoms with Gasteiger partial charge in [0.1, 0.15) is 5.49 Å². The minimum Gasteiger partial charge on any atom is -0.310 e. The molecule has 0 bridgehead atoms. The second-order valence-electron chi connectivity index (χ2n) is 13.5. The van der Waals surface area contributed by atoms with Gasteiger partial charge in [0.15, 0.2) is 5.82 Å². The van der Waals surface area contributed by atoms with Crippen molar-refractivity contribution in [2.24, 2.45) is 4.99 Å². The van der Waals surface area contributed by atoms with Crippen molar-refractivity contribution in [3.8, 4) is 22.3 Å². The van der Waals surface area contributed by atoms with Gasteiger partial charge in [0.25, 0.3) is 0 Å². The molecule has 3 nitrogen and oxygen atoms in total. The predicted octanol–water partition coefficient (Wildman–Crippen LogP) is 10.1. The summed E-state index contributed by atoms with van der Waals surface area (Å²) in [7, 11) is -2.76. The van der Waals surface area contributed by atoms with E-state index in [0.29, 0.717) is 11.3 Å². The molecule has 4 aromatic carbocycles. The molecule has 0 spiro atoms. The number of benzene rings is 4. The lowest BCUT2D eigenvalue weighted by Crippen LogP contribution is -2.29. The molecule has 0 aliphatic heterocycles. The molecular formula is C38H36BF2N3. The number of rotatable bonds is 4. The molecule has 6 rings (SSSR count). The van der Waals surface area contributed by atoms with Crippen LogP contribution in [0.4, 0.5) is 14.4 Å². The Labute approximate surface area is 258 Å². The van der Waals surface area contributed by atoms with Gasteiger partial charge in [0.2, 0.25) is 0 Å². The molecule has 44 heavy (non-hydrogen) atoms. The minimum absolute atomic E-state index is 0.0619. The number of hydrogen-bond donors (Lipinski definition) is 0. The molecule has 2 aromatic heterocycles. The topological polar surface area (TPSA) is 30.2 Å². The van der Waals surface area contributed by atoms with Gasteiger partial charge >= 0.3 is 7.40 Å². The smallest absolute Gasteiger partial charge is 0.310 e. The Morgan fingerprint density at radius 1 is 0.568 bits per heavy atom. The standard InChI is InChI=1S/C38H36BF2N3/c1-37(2,3)31-15-7-25(8-16-31)27-11-19-33-29(23-27)13-21-35(42-33)43-36-22-14-30-24-28(12-20-34(30)44(36)39(40)41)26-9-17-32(18-10-26)38(4,5)6/h7-24H,1-6H3. The quantitative estimate of drug-likeness (QED) is 0.190. The van der Waals surface area contributed by atoms with Crippen molar-refractivity contribution in [1.82, 2.24) is 9.46 Å². The van der Waals surface area contributed by atoms with Crippen LogP contribution in [-0.2, 0) is 10.8 Å². The van der Waals surface area contributed by atoms with Gasteiger partial charge in [0, 0.05) is 10.9 Å². The van der Waals surface area contributed by atoms with E-state index in [1.165, 1.54) is 11.1 Å². The highest BCUT2D eigenvalue weighted by Gasteiger charge is 2.21. The second kappa shape index (κ2) is 11.2. The van der Waals surface area contributed by atoms with Crippen LogP contribution in [0.5, 0.6) is 0 Å². The van der Waals surface area contributed by atoms with E-state index in [2.05, 4.69) is 106 Å². The van der Waals surface area contributed by atoms with Crippen LogP contribution in [0.25, 0.3) is 44.1 Å². The maximum absolute atomic E-state index is 14.5. The summed E-state index contributed by atoms with van der Waals surface area (Å²) in [5, 5.41) is 1.68. The van der Waals surface area contributed by atoms with Gasteiger partial charge in [0.05, 0.1) is 5.52 Å². The normalized spacial score (nSPS) is 12.7. The van der Waals surface area contributed by atoms with Crippen LogP contribution in [0.1, 0.15) is 52.7 Å². The van der Waals surface area contributed by atoms with Gasteiger partial charge in [-0.3, -0.25) is 8.63 Å². The van der Waals surface area contributed by atoms with Gasteiger partial charge in [-0.2, -0.15) is 0 Å². The van der Waals surface area contributed by atoms with E-state index in [9.17, 15) is 8.63 Å². The Morgan fingerprint density at radius 2 is 1.07 bits per heavy atom. The summed E-state index contributed by atoms with van der Waals surface area (Å²) >= 11 is 0. The van der Waals surface area contributed by atoms with Gasteiger partial charge in [-0.1, -0.05) is 102 Å². The average molecular weight is 584 g/mol. The second-order valence-corrected chi connectivity index (χ2v) is 13.5. The number of fused-ring (bicyclic) bond motifs is 2. The third kappa shape index (κ3) is 5.94. The molecule has 0 N–H and O–H groups in total. The van der Waals surface area contributed by atoms with Crippen LogP contribution in [0.2, 0.25) is 0 Å². The van der Waals surface area contributed by atoms with Gasteiger partial charge in [-0.05, 0) is 98.1 Å². The first kappa shape index (κ1) is 29.5. The largest absolute Gasteiger partial charge is 0.679 e. The maximum Gasteiger partial charge on any atom is 0.679 e. The average Bonchev–Trinajstić information content (AvgIpc) is 2.99. The van der Waals surface area contributed by atoms with Gasteiger partial charge < -0.3 is 4.48 Å². The molecule has 0 saturated carbocycles. The first-order valence-corrected chi connectivity index (χ1v) is 15.0. The van der Waals surface area contributed by atoms with Crippen LogP contribution < -0.4 is 5.49 Å². The van der Waals surface area contributed by atoms with Crippen molar-refractivity contribution in [2.45, 2.75) is 52.4 Å². The Balaban J connectivity index is 1.34. The fraction of sp³-hybridized carbons (Fsp3) is 0.211. The molecule has 0 amide bonds. The van der Waals surface area contributed by atoms with E-state index in [1.54, 1.807) is 18.2 Å². The van der Waals surface area contributed by atoms with Crippen LogP contribution >= 0.6 is 0 Å². The zero-order chi connectivity index (χ0) is 31.2. The van der Waals surface area contributed by atoms with Gasteiger partial charge in [-0.15, -0.1) is 0 Å². The maximum atomic E-state index is 14.5. The lowest BCUT2D eigenvalue weighted by Gasteiger charge is -2.19. The molecule has 0 fully saturated rings. The SMILES string of the molecule is CC(C)(C)c1ccc(-c2ccc3nc(N=c4ccc5cc(-c6ccc(C(C)(C)C)cc6)ccc5n4B(F)F)ccc3c2)cc1. The fourth-order valence-electron chi connectivity index (χ4n) is 5.55. The summed E-state index contributed by atoms with van der Waals surface area (Å²) in [4.78, 5) is 9.25. The summed E-state index contributed by atoms with van der Waals surface area (Å²) in [6, 6.07) is 35.9. The van der Waals surface area contributed by atoms with Crippen molar-refractivity contribution in [2.75, 3.05) is 0 Å². The van der Waals surface area contributed by atoms with E-state index < -0.39 is 7.40 Å². The fourth-order valence-corrected chi connectivity index (χ4v) is 5.55. The number of halogens is 2. The highest BCUT2D eigenvalue weighted by atomic mass is 19.2. The summed E-state index contributed by atoms with van der Waals surface area (Å²) < 4.78 is 29.9. The molecule has 6 heteroatoms. The number of pyridine rings is 2. The van der Waals surface area contributed by atoms with Crippen molar-refractivity contribution in [1.29, 1.82) is 0 Å². The zero-order valence-electron chi connectivity index (χ0n) is 26.1. The molecule has 0 atom stereocenters. The van der Waals surface area contributed by atoms with Crippen LogP contribution in [0.3, 0.4) is 0 Å². The molecule has 0 radical (unpaired) electrons. The predicted molar refractivity (Wildman–Crippen MR) is 181 cm³/mol. The number of hydrogen-bond acceptors (Lipinski definition) is 2. The Bertz CT molecular complexity index is 2050. The van der Waals surface area contributed by atoms with Crippen LogP contribution in [0, 0.1) is 0 Å². The van der Waals surface area contributed by atoms with Crippen LogP contribution in [-0.4, -0.2) is 16.9 Å². The molecule has 0 saturated heterocycles. The molecule has 0 aliphatic carbocycles. The van der Waals surface area contributed by atoms with Crippen molar-refractivity contribution >= 4 is 35.0 Å². The Kier molecular flexibility index (Phi) is 7.49. The molecule has 6 aromatic rings. The lowest BCUT2D eigenvalue weighted by molar-refractivity contribution is 0.590. The van der Waals surface area contributed by atoms with E-state index in [-0.39, 0.29) is 16.3 Å². The highest BCUT2D eigenvalue weighted by Crippen LogP contribution is 2.30.